The number of ketones is 1. The van der Waals surface area contributed by atoms with Gasteiger partial charge in [-0.05, 0) is 62.5 Å². The molecule has 1 unspecified atom stereocenters. The summed E-state index contributed by atoms with van der Waals surface area (Å²) in [6, 6.07) is 21.7. The van der Waals surface area contributed by atoms with Crippen molar-refractivity contribution in [2.75, 3.05) is 41.3 Å². The van der Waals surface area contributed by atoms with Crippen molar-refractivity contribution in [3.63, 3.8) is 0 Å². The lowest BCUT2D eigenvalue weighted by Crippen LogP contribution is -2.32. The number of benzene rings is 3. The van der Waals surface area contributed by atoms with E-state index in [-0.39, 0.29) is 16.0 Å². The molecular formula is C31H35N3O6S. The molecule has 1 saturated heterocycles. The van der Waals surface area contributed by atoms with Crippen molar-refractivity contribution >= 4 is 27.5 Å². The Balaban J connectivity index is 1.72. The summed E-state index contributed by atoms with van der Waals surface area (Å²) in [5, 5.41) is 11.4. The van der Waals surface area contributed by atoms with Crippen LogP contribution in [0.4, 0.5) is 0 Å². The molecule has 1 aliphatic heterocycles. The van der Waals surface area contributed by atoms with E-state index in [0.717, 1.165) is 9.87 Å². The van der Waals surface area contributed by atoms with Gasteiger partial charge in [-0.15, -0.1) is 0 Å². The van der Waals surface area contributed by atoms with E-state index in [0.29, 0.717) is 37.4 Å². The third-order valence-corrected chi connectivity index (χ3v) is 8.69. The summed E-state index contributed by atoms with van der Waals surface area (Å²) in [6.07, 6.45) is 0.616. The van der Waals surface area contributed by atoms with Gasteiger partial charge in [0.05, 0.1) is 16.5 Å². The van der Waals surface area contributed by atoms with Crippen molar-refractivity contribution < 1.29 is 27.9 Å². The Bertz CT molecular complexity index is 1530. The lowest BCUT2D eigenvalue weighted by Gasteiger charge is -2.26. The third-order valence-electron chi connectivity index (χ3n) is 6.87. The molecule has 10 heteroatoms. The molecule has 1 atom stereocenters. The number of nitrogens with zero attached hydrogens (tertiary/aromatic N) is 3. The minimum Gasteiger partial charge on any atom is -0.507 e. The van der Waals surface area contributed by atoms with E-state index in [4.69, 9.17) is 4.74 Å². The fourth-order valence-electron chi connectivity index (χ4n) is 4.67. The highest BCUT2D eigenvalue weighted by molar-refractivity contribution is 7.89. The van der Waals surface area contributed by atoms with Crippen LogP contribution >= 0.6 is 0 Å². The largest absolute Gasteiger partial charge is 0.507 e. The van der Waals surface area contributed by atoms with Crippen LogP contribution in [-0.2, 0) is 26.2 Å². The molecule has 9 nitrogen and oxygen atoms in total. The SMILES string of the molecule is CN(C)CCCN1C(=O)C(=O)C(=C(O)c2cccc(S(=O)(=O)N(C)C)c2)C1c1ccc(OCc2ccccc2)cc1. The van der Waals surface area contributed by atoms with Crippen LogP contribution in [0.15, 0.2) is 89.3 Å². The normalized spacial score (nSPS) is 17.0. The smallest absolute Gasteiger partial charge is 0.295 e. The number of likely N-dealkylation sites (tertiary alicyclic amines) is 1. The minimum absolute atomic E-state index is 0.0387. The van der Waals surface area contributed by atoms with Crippen LogP contribution in [0.5, 0.6) is 5.75 Å². The van der Waals surface area contributed by atoms with Gasteiger partial charge < -0.3 is 19.6 Å². The number of amides is 1. The number of aliphatic hydroxyl groups excluding tert-OH is 1. The number of sulfonamides is 1. The molecule has 0 spiro atoms. The van der Waals surface area contributed by atoms with Gasteiger partial charge in [0.15, 0.2) is 0 Å². The molecule has 0 bridgehead atoms. The summed E-state index contributed by atoms with van der Waals surface area (Å²) < 4.78 is 32.4. The molecule has 3 aromatic carbocycles. The van der Waals surface area contributed by atoms with E-state index < -0.39 is 33.5 Å². The molecule has 216 valence electrons. The summed E-state index contributed by atoms with van der Waals surface area (Å²) in [5.74, 6) is -1.34. The second-order valence-electron chi connectivity index (χ2n) is 10.3. The highest BCUT2D eigenvalue weighted by Gasteiger charge is 2.45. The maximum Gasteiger partial charge on any atom is 0.295 e. The number of hydrogen-bond acceptors (Lipinski definition) is 7. The van der Waals surface area contributed by atoms with Crippen LogP contribution in [0.3, 0.4) is 0 Å². The number of aliphatic hydroxyl groups is 1. The van der Waals surface area contributed by atoms with Gasteiger partial charge in [0.2, 0.25) is 10.0 Å². The summed E-state index contributed by atoms with van der Waals surface area (Å²) in [5.41, 5.74) is 1.69. The zero-order valence-corrected chi connectivity index (χ0v) is 24.5. The maximum absolute atomic E-state index is 13.4. The van der Waals surface area contributed by atoms with E-state index in [2.05, 4.69) is 0 Å². The third kappa shape index (κ3) is 6.67. The highest BCUT2D eigenvalue weighted by Crippen LogP contribution is 2.40. The number of Topliss-reactive ketones (excluding diaryl/α,β-unsaturated/α-hetero) is 1. The van der Waals surface area contributed by atoms with E-state index in [1.165, 1.54) is 43.3 Å². The Morgan fingerprint density at radius 1 is 0.927 bits per heavy atom. The summed E-state index contributed by atoms with van der Waals surface area (Å²) in [7, 11) is 2.88. The molecule has 0 saturated carbocycles. The average Bonchev–Trinajstić information content (AvgIpc) is 3.21. The second kappa shape index (κ2) is 12.7. The van der Waals surface area contributed by atoms with Gasteiger partial charge in [-0.3, -0.25) is 9.59 Å². The Labute approximate surface area is 241 Å². The first-order chi connectivity index (χ1) is 19.5. The topological polar surface area (TPSA) is 107 Å². The molecule has 1 heterocycles. The lowest BCUT2D eigenvalue weighted by molar-refractivity contribution is -0.139. The zero-order valence-electron chi connectivity index (χ0n) is 23.6. The molecule has 41 heavy (non-hydrogen) atoms. The fraction of sp³-hybridized carbons (Fsp3) is 0.290. The van der Waals surface area contributed by atoms with E-state index in [1.807, 2.05) is 49.3 Å². The first-order valence-corrected chi connectivity index (χ1v) is 14.7. The molecule has 1 fully saturated rings. The summed E-state index contributed by atoms with van der Waals surface area (Å²) >= 11 is 0. The van der Waals surface area contributed by atoms with E-state index in [1.54, 1.807) is 24.3 Å². The van der Waals surface area contributed by atoms with Crippen LogP contribution in [-0.4, -0.2) is 80.6 Å². The number of ether oxygens (including phenoxy) is 1. The Hall–Kier alpha value is -3.99. The second-order valence-corrected chi connectivity index (χ2v) is 12.5. The standard InChI is InChI=1S/C31H35N3O6S/c1-32(2)18-9-19-34-28(23-14-16-25(17-15-23)40-21-22-10-6-5-7-11-22)27(30(36)31(34)37)29(35)24-12-8-13-26(20-24)41(38,39)33(3)4/h5-8,10-17,20,28,35H,9,18-19,21H2,1-4H3. The zero-order chi connectivity index (χ0) is 29.7. The van der Waals surface area contributed by atoms with Crippen molar-refractivity contribution in [2.24, 2.45) is 0 Å². The van der Waals surface area contributed by atoms with Crippen molar-refractivity contribution in [1.82, 2.24) is 14.1 Å². The van der Waals surface area contributed by atoms with Crippen LogP contribution in [0.2, 0.25) is 0 Å². The number of carbonyl (C=O) groups excluding carboxylic acids is 2. The maximum atomic E-state index is 13.4. The number of rotatable bonds is 11. The number of hydrogen-bond donors (Lipinski definition) is 1. The van der Waals surface area contributed by atoms with Gasteiger partial charge in [-0.25, -0.2) is 12.7 Å². The van der Waals surface area contributed by atoms with E-state index in [9.17, 15) is 23.1 Å². The first-order valence-electron chi connectivity index (χ1n) is 13.2. The number of carbonyl (C=O) groups is 2. The molecule has 0 aliphatic carbocycles. The van der Waals surface area contributed by atoms with Crippen LogP contribution in [0, 0.1) is 0 Å². The predicted octanol–water partition coefficient (Wildman–Crippen LogP) is 3.89. The van der Waals surface area contributed by atoms with Crippen molar-refractivity contribution in [2.45, 2.75) is 24.0 Å². The van der Waals surface area contributed by atoms with Gasteiger partial charge in [0.1, 0.15) is 18.1 Å². The molecule has 0 aromatic heterocycles. The summed E-state index contributed by atoms with van der Waals surface area (Å²) in [6.45, 7) is 1.38. The molecular weight excluding hydrogens is 542 g/mol. The predicted molar refractivity (Wildman–Crippen MR) is 157 cm³/mol. The molecule has 0 radical (unpaired) electrons. The van der Waals surface area contributed by atoms with Crippen LogP contribution < -0.4 is 4.74 Å². The highest BCUT2D eigenvalue weighted by atomic mass is 32.2. The van der Waals surface area contributed by atoms with Gasteiger partial charge in [0, 0.05) is 26.2 Å². The lowest BCUT2D eigenvalue weighted by atomic mass is 9.95. The Kier molecular flexibility index (Phi) is 9.27. The molecule has 1 aliphatic rings. The Morgan fingerprint density at radius 2 is 1.61 bits per heavy atom. The van der Waals surface area contributed by atoms with Crippen molar-refractivity contribution in [1.29, 1.82) is 0 Å². The van der Waals surface area contributed by atoms with Crippen LogP contribution in [0.1, 0.15) is 29.2 Å². The monoisotopic (exact) mass is 577 g/mol. The van der Waals surface area contributed by atoms with Gasteiger partial charge in [-0.2, -0.15) is 0 Å². The summed E-state index contributed by atoms with van der Waals surface area (Å²) in [4.78, 5) is 30.0. The van der Waals surface area contributed by atoms with Gasteiger partial charge >= 0.3 is 0 Å². The molecule has 1 amide bonds. The molecule has 1 N–H and O–H groups in total. The van der Waals surface area contributed by atoms with Gasteiger partial charge in [0.25, 0.3) is 11.7 Å². The van der Waals surface area contributed by atoms with Crippen molar-refractivity contribution in [3.8, 4) is 5.75 Å². The Morgan fingerprint density at radius 3 is 2.24 bits per heavy atom. The minimum atomic E-state index is -3.79. The van der Waals surface area contributed by atoms with Crippen LogP contribution in [0.25, 0.3) is 5.76 Å². The first kappa shape index (κ1) is 30.0. The molecule has 4 rings (SSSR count). The fourth-order valence-corrected chi connectivity index (χ4v) is 5.62. The average molecular weight is 578 g/mol. The quantitative estimate of drug-likeness (QED) is 0.209. The van der Waals surface area contributed by atoms with Gasteiger partial charge in [-0.1, -0.05) is 54.6 Å². The van der Waals surface area contributed by atoms with Crippen molar-refractivity contribution in [3.05, 3.63) is 101 Å². The molecule has 3 aromatic rings. The van der Waals surface area contributed by atoms with E-state index >= 15 is 0 Å².